The van der Waals surface area contributed by atoms with E-state index in [4.69, 9.17) is 21.1 Å². The number of carbonyl (C=O) groups excluding carboxylic acids is 3. The molecule has 10 heteroatoms. The number of thioether (sulfide) groups is 1. The normalized spacial score (nSPS) is 17.1. The Hall–Kier alpha value is -3.48. The maximum Gasteiger partial charge on any atom is 0.319 e. The summed E-state index contributed by atoms with van der Waals surface area (Å²) in [6.07, 6.45) is 0. The minimum atomic E-state index is -1.28. The third kappa shape index (κ3) is 6.20. The van der Waals surface area contributed by atoms with Crippen LogP contribution in [0, 0.1) is 24.2 Å². The third-order valence-electron chi connectivity index (χ3n) is 5.43. The van der Waals surface area contributed by atoms with Crippen molar-refractivity contribution in [2.45, 2.75) is 26.7 Å². The number of esters is 1. The highest BCUT2D eigenvalue weighted by atomic mass is 35.5. The first-order valence-corrected chi connectivity index (χ1v) is 12.7. The number of nitriles is 1. The van der Waals surface area contributed by atoms with Crippen molar-refractivity contribution in [3.63, 3.8) is 0 Å². The SMILES string of the molecule is CCOC(=O)[C@@H]1C(=O)NC(SCC(=O)Nc2ccc(C)c(Cl)c2)=C(C#N)[C@@H]1c1ccccc1OCC. The van der Waals surface area contributed by atoms with Crippen LogP contribution >= 0.6 is 23.4 Å². The van der Waals surface area contributed by atoms with Crippen molar-refractivity contribution in [2.24, 2.45) is 5.92 Å². The summed E-state index contributed by atoms with van der Waals surface area (Å²) in [7, 11) is 0. The van der Waals surface area contributed by atoms with E-state index in [0.717, 1.165) is 17.3 Å². The van der Waals surface area contributed by atoms with Gasteiger partial charge in [-0.3, -0.25) is 14.4 Å². The molecule has 0 fully saturated rings. The first-order chi connectivity index (χ1) is 17.3. The van der Waals surface area contributed by atoms with Crippen LogP contribution in [-0.2, 0) is 19.1 Å². The summed E-state index contributed by atoms with van der Waals surface area (Å²) in [4.78, 5) is 38.5. The topological polar surface area (TPSA) is 118 Å². The minimum Gasteiger partial charge on any atom is -0.494 e. The lowest BCUT2D eigenvalue weighted by Gasteiger charge is -2.32. The number of ether oxygens (including phenoxy) is 2. The number of aryl methyl sites for hydroxylation is 1. The molecule has 3 rings (SSSR count). The second kappa shape index (κ2) is 12.5. The maximum absolute atomic E-state index is 13.1. The number of carbonyl (C=O) groups is 3. The average Bonchev–Trinajstić information content (AvgIpc) is 2.85. The Bertz CT molecular complexity index is 1240. The molecule has 2 atom stereocenters. The van der Waals surface area contributed by atoms with Crippen molar-refractivity contribution >= 4 is 46.8 Å². The Kier molecular flexibility index (Phi) is 9.39. The van der Waals surface area contributed by atoms with Gasteiger partial charge in [-0.25, -0.2) is 0 Å². The van der Waals surface area contributed by atoms with Crippen LogP contribution < -0.4 is 15.4 Å². The molecule has 188 valence electrons. The van der Waals surface area contributed by atoms with Gasteiger partial charge < -0.3 is 20.1 Å². The number of amides is 2. The van der Waals surface area contributed by atoms with Gasteiger partial charge in [0.2, 0.25) is 11.8 Å². The summed E-state index contributed by atoms with van der Waals surface area (Å²) < 4.78 is 10.9. The van der Waals surface area contributed by atoms with E-state index in [2.05, 4.69) is 16.7 Å². The molecule has 0 unspecified atom stereocenters. The Balaban J connectivity index is 1.94. The number of rotatable bonds is 9. The van der Waals surface area contributed by atoms with Crippen molar-refractivity contribution in [2.75, 3.05) is 24.3 Å². The largest absolute Gasteiger partial charge is 0.494 e. The van der Waals surface area contributed by atoms with Crippen molar-refractivity contribution in [3.8, 4) is 11.8 Å². The van der Waals surface area contributed by atoms with Crippen molar-refractivity contribution < 1.29 is 23.9 Å². The molecule has 2 amide bonds. The van der Waals surface area contributed by atoms with Gasteiger partial charge in [0.1, 0.15) is 11.7 Å². The highest BCUT2D eigenvalue weighted by molar-refractivity contribution is 8.03. The molecule has 0 bridgehead atoms. The lowest BCUT2D eigenvalue weighted by atomic mass is 9.78. The summed E-state index contributed by atoms with van der Waals surface area (Å²) in [5.74, 6) is -3.55. The number of nitrogens with one attached hydrogen (secondary N) is 2. The minimum absolute atomic E-state index is 0.0822. The zero-order valence-electron chi connectivity index (χ0n) is 20.1. The first-order valence-electron chi connectivity index (χ1n) is 11.3. The van der Waals surface area contributed by atoms with Gasteiger partial charge in [0.05, 0.1) is 35.6 Å². The molecule has 36 heavy (non-hydrogen) atoms. The number of hydrogen-bond donors (Lipinski definition) is 2. The highest BCUT2D eigenvalue weighted by Crippen LogP contribution is 2.43. The fourth-order valence-electron chi connectivity index (χ4n) is 3.79. The number of anilines is 1. The molecule has 8 nitrogen and oxygen atoms in total. The number of para-hydroxylation sites is 1. The van der Waals surface area contributed by atoms with Crippen molar-refractivity contribution in [3.05, 3.63) is 69.2 Å². The molecule has 1 aliphatic rings. The van der Waals surface area contributed by atoms with E-state index in [9.17, 15) is 19.6 Å². The fourth-order valence-corrected chi connectivity index (χ4v) is 4.82. The van der Waals surface area contributed by atoms with Gasteiger partial charge in [0.25, 0.3) is 0 Å². The smallest absolute Gasteiger partial charge is 0.319 e. The first kappa shape index (κ1) is 27.1. The number of nitrogens with zero attached hydrogens (tertiary/aromatic N) is 1. The van der Waals surface area contributed by atoms with E-state index in [1.165, 1.54) is 0 Å². The van der Waals surface area contributed by atoms with Crippen LogP contribution in [0.4, 0.5) is 5.69 Å². The summed E-state index contributed by atoms with van der Waals surface area (Å²) in [6, 6.07) is 14.3. The Morgan fingerprint density at radius 3 is 2.61 bits per heavy atom. The maximum atomic E-state index is 13.1. The van der Waals surface area contributed by atoms with Gasteiger partial charge in [-0.2, -0.15) is 5.26 Å². The second-order valence-corrected chi connectivity index (χ2v) is 9.22. The number of hydrogen-bond acceptors (Lipinski definition) is 7. The van der Waals surface area contributed by atoms with Gasteiger partial charge in [-0.15, -0.1) is 0 Å². The second-order valence-electron chi connectivity index (χ2n) is 7.82. The molecule has 0 spiro atoms. The predicted octanol–water partition coefficient (Wildman–Crippen LogP) is 4.55. The third-order valence-corrected chi connectivity index (χ3v) is 6.85. The Morgan fingerprint density at radius 1 is 1.19 bits per heavy atom. The van der Waals surface area contributed by atoms with Crippen LogP contribution in [0.5, 0.6) is 5.75 Å². The van der Waals surface area contributed by atoms with Crippen LogP contribution in [0.15, 0.2) is 53.1 Å². The summed E-state index contributed by atoms with van der Waals surface area (Å²) in [5.41, 5.74) is 2.08. The van der Waals surface area contributed by atoms with Gasteiger partial charge in [-0.1, -0.05) is 47.6 Å². The summed E-state index contributed by atoms with van der Waals surface area (Å²) >= 11 is 7.13. The zero-order valence-corrected chi connectivity index (χ0v) is 21.7. The van der Waals surface area contributed by atoms with E-state index in [-0.39, 0.29) is 28.9 Å². The number of benzene rings is 2. The molecule has 1 heterocycles. The van der Waals surface area contributed by atoms with Crippen LogP contribution in [0.1, 0.15) is 30.9 Å². The molecule has 0 saturated heterocycles. The standard InChI is InChI=1S/C26H26ClN3O5S/c1-4-34-20-9-7-6-8-17(20)22-18(13-28)25(30-24(32)23(22)26(33)35-5-2)36-14-21(31)29-16-11-10-15(3)19(27)12-16/h6-12,22-23H,4-5,14H2,1-3H3,(H,29,31)(H,30,32)/t22-,23-/m0/s1. The van der Waals surface area contributed by atoms with E-state index in [0.29, 0.717) is 28.6 Å². The Labute approximate surface area is 219 Å². The quantitative estimate of drug-likeness (QED) is 0.363. The van der Waals surface area contributed by atoms with Gasteiger partial charge in [0, 0.05) is 22.2 Å². The van der Waals surface area contributed by atoms with E-state index < -0.39 is 23.7 Å². The average molecular weight is 528 g/mol. The highest BCUT2D eigenvalue weighted by Gasteiger charge is 2.45. The van der Waals surface area contributed by atoms with Crippen molar-refractivity contribution in [1.29, 1.82) is 5.26 Å². The molecule has 1 aliphatic heterocycles. The zero-order chi connectivity index (χ0) is 26.2. The van der Waals surface area contributed by atoms with Crippen LogP contribution in [0.2, 0.25) is 5.02 Å². The lowest BCUT2D eigenvalue weighted by Crippen LogP contribution is -2.44. The molecular weight excluding hydrogens is 502 g/mol. The van der Waals surface area contributed by atoms with E-state index in [1.54, 1.807) is 49.4 Å². The number of halogens is 1. The molecule has 0 saturated carbocycles. The summed E-state index contributed by atoms with van der Waals surface area (Å²) in [6.45, 7) is 5.75. The molecule has 0 radical (unpaired) electrons. The number of allylic oxidation sites excluding steroid dienone is 1. The van der Waals surface area contributed by atoms with Crippen LogP contribution in [-0.4, -0.2) is 36.8 Å². The van der Waals surface area contributed by atoms with Gasteiger partial charge >= 0.3 is 5.97 Å². The van der Waals surface area contributed by atoms with Gasteiger partial charge in [-0.05, 0) is 44.5 Å². The molecular formula is C26H26ClN3O5S. The van der Waals surface area contributed by atoms with E-state index in [1.807, 2.05) is 13.8 Å². The Morgan fingerprint density at radius 2 is 1.94 bits per heavy atom. The fraction of sp³-hybridized carbons (Fsp3) is 0.308. The molecule has 2 N–H and O–H groups in total. The predicted molar refractivity (Wildman–Crippen MR) is 139 cm³/mol. The molecule has 0 aliphatic carbocycles. The molecule has 2 aromatic rings. The monoisotopic (exact) mass is 527 g/mol. The van der Waals surface area contributed by atoms with Crippen LogP contribution in [0.25, 0.3) is 0 Å². The van der Waals surface area contributed by atoms with Crippen molar-refractivity contribution in [1.82, 2.24) is 5.32 Å². The van der Waals surface area contributed by atoms with Crippen LogP contribution in [0.3, 0.4) is 0 Å². The molecule has 2 aromatic carbocycles. The van der Waals surface area contributed by atoms with E-state index >= 15 is 0 Å². The summed E-state index contributed by atoms with van der Waals surface area (Å²) in [5, 5.41) is 16.2. The lowest BCUT2D eigenvalue weighted by molar-refractivity contribution is -0.152. The van der Waals surface area contributed by atoms with Gasteiger partial charge in [0.15, 0.2) is 0 Å². The molecule has 0 aromatic heterocycles.